The number of aromatic nitrogens is 1. The maximum absolute atomic E-state index is 6.13. The normalized spacial score (nSPS) is 19.2. The van der Waals surface area contributed by atoms with Crippen LogP contribution in [-0.2, 0) is 6.54 Å². The van der Waals surface area contributed by atoms with Crippen LogP contribution in [0.5, 0.6) is 5.75 Å². The first-order valence-electron chi connectivity index (χ1n) is 7.50. The van der Waals surface area contributed by atoms with Crippen LogP contribution < -0.4 is 10.5 Å². The average Bonchev–Trinajstić information content (AvgIpc) is 2.92. The Hall–Kier alpha value is -1.30. The predicted molar refractivity (Wildman–Crippen MR) is 91.5 cm³/mol. The smallest absolute Gasteiger partial charge is 0.180 e. The fraction of sp³-hybridized carbons (Fsp3) is 0.438. The maximum Gasteiger partial charge on any atom is 0.180 e. The summed E-state index contributed by atoms with van der Waals surface area (Å²) in [6, 6.07) is 7.64. The summed E-state index contributed by atoms with van der Waals surface area (Å²) < 4.78 is 5.89. The second kappa shape index (κ2) is 7.31. The number of ether oxygens (including phenoxy) is 1. The number of piperidine rings is 1. The van der Waals surface area contributed by atoms with Crippen LogP contribution in [0.4, 0.5) is 5.13 Å². The maximum atomic E-state index is 6.13. The third-order valence-electron chi connectivity index (χ3n) is 3.87. The number of halogens is 1. The summed E-state index contributed by atoms with van der Waals surface area (Å²) in [6.45, 7) is 3.81. The molecule has 0 saturated carbocycles. The zero-order chi connectivity index (χ0) is 15.4. The Morgan fingerprint density at radius 1 is 1.41 bits per heavy atom. The first-order chi connectivity index (χ1) is 10.7. The van der Waals surface area contributed by atoms with Gasteiger partial charge in [0, 0.05) is 30.1 Å². The number of nitrogen functional groups attached to an aromatic ring is 1. The Labute approximate surface area is 139 Å². The Morgan fingerprint density at radius 2 is 2.27 bits per heavy atom. The molecule has 1 saturated heterocycles. The first-order valence-corrected chi connectivity index (χ1v) is 8.70. The minimum absolute atomic E-state index is 0.537. The minimum Gasteiger partial charge on any atom is -0.492 e. The standard InChI is InChI=1S/C16H20ClN3OS/c17-14-5-1-2-6-15(14)21-11-12-4-3-7-20(9-12)10-13-8-19-16(18)22-13/h1-2,5-6,8,12H,3-4,7,9-11H2,(H2,18,19). The van der Waals surface area contributed by atoms with Gasteiger partial charge in [0.05, 0.1) is 11.6 Å². The SMILES string of the molecule is Nc1ncc(CN2CCCC(COc3ccccc3Cl)C2)s1. The zero-order valence-corrected chi connectivity index (χ0v) is 13.9. The molecule has 3 rings (SSSR count). The lowest BCUT2D eigenvalue weighted by Gasteiger charge is -2.32. The first kappa shape index (κ1) is 15.6. The summed E-state index contributed by atoms with van der Waals surface area (Å²) in [6.07, 6.45) is 4.28. The third kappa shape index (κ3) is 4.12. The summed E-state index contributed by atoms with van der Waals surface area (Å²) >= 11 is 7.70. The van der Waals surface area contributed by atoms with Gasteiger partial charge in [-0.3, -0.25) is 4.90 Å². The average molecular weight is 338 g/mol. The fourth-order valence-electron chi connectivity index (χ4n) is 2.82. The Morgan fingerprint density at radius 3 is 3.05 bits per heavy atom. The lowest BCUT2D eigenvalue weighted by molar-refractivity contribution is 0.126. The van der Waals surface area contributed by atoms with Crippen molar-refractivity contribution in [3.8, 4) is 5.75 Å². The van der Waals surface area contributed by atoms with Gasteiger partial charge in [0.25, 0.3) is 0 Å². The second-order valence-electron chi connectivity index (χ2n) is 5.65. The van der Waals surface area contributed by atoms with Crippen molar-refractivity contribution >= 4 is 28.1 Å². The molecular formula is C16H20ClN3OS. The number of anilines is 1. The van der Waals surface area contributed by atoms with E-state index in [9.17, 15) is 0 Å². The van der Waals surface area contributed by atoms with E-state index in [1.54, 1.807) is 11.3 Å². The third-order valence-corrected chi connectivity index (χ3v) is 4.99. The molecule has 22 heavy (non-hydrogen) atoms. The van der Waals surface area contributed by atoms with Crippen molar-refractivity contribution in [2.45, 2.75) is 19.4 Å². The topological polar surface area (TPSA) is 51.4 Å². The van der Waals surface area contributed by atoms with Gasteiger partial charge in [-0.1, -0.05) is 23.7 Å². The number of rotatable bonds is 5. The molecule has 0 bridgehead atoms. The van der Waals surface area contributed by atoms with Crippen molar-refractivity contribution < 1.29 is 4.74 Å². The van der Waals surface area contributed by atoms with Crippen molar-refractivity contribution in [2.24, 2.45) is 5.92 Å². The number of nitrogens with zero attached hydrogens (tertiary/aromatic N) is 2. The highest BCUT2D eigenvalue weighted by molar-refractivity contribution is 7.15. The molecule has 1 aliphatic rings. The van der Waals surface area contributed by atoms with Crippen molar-refractivity contribution in [3.63, 3.8) is 0 Å². The molecule has 1 fully saturated rings. The van der Waals surface area contributed by atoms with Gasteiger partial charge in [0.2, 0.25) is 0 Å². The van der Waals surface area contributed by atoms with E-state index in [-0.39, 0.29) is 0 Å². The molecule has 0 radical (unpaired) electrons. The molecule has 6 heteroatoms. The van der Waals surface area contributed by atoms with E-state index in [4.69, 9.17) is 22.1 Å². The fourth-order valence-corrected chi connectivity index (χ4v) is 3.73. The quantitative estimate of drug-likeness (QED) is 0.904. The zero-order valence-electron chi connectivity index (χ0n) is 12.4. The molecule has 2 aromatic rings. The van der Waals surface area contributed by atoms with E-state index in [1.807, 2.05) is 30.5 Å². The number of thiazole rings is 1. The number of nitrogens with two attached hydrogens (primary N) is 1. The largest absolute Gasteiger partial charge is 0.492 e. The van der Waals surface area contributed by atoms with Crippen molar-refractivity contribution in [1.29, 1.82) is 0 Å². The number of benzene rings is 1. The number of hydrogen-bond acceptors (Lipinski definition) is 5. The van der Waals surface area contributed by atoms with Gasteiger partial charge in [-0.15, -0.1) is 11.3 Å². The summed E-state index contributed by atoms with van der Waals surface area (Å²) in [5, 5.41) is 1.32. The minimum atomic E-state index is 0.537. The molecule has 0 amide bonds. The molecular weight excluding hydrogens is 318 g/mol. The molecule has 2 heterocycles. The van der Waals surface area contributed by atoms with Crippen molar-refractivity contribution in [2.75, 3.05) is 25.4 Å². The number of hydrogen-bond donors (Lipinski definition) is 1. The molecule has 1 unspecified atom stereocenters. The van der Waals surface area contributed by atoms with E-state index in [2.05, 4.69) is 9.88 Å². The van der Waals surface area contributed by atoms with Gasteiger partial charge >= 0.3 is 0 Å². The van der Waals surface area contributed by atoms with E-state index in [1.165, 1.54) is 17.7 Å². The van der Waals surface area contributed by atoms with Gasteiger partial charge in [-0.05, 0) is 31.5 Å². The second-order valence-corrected chi connectivity index (χ2v) is 7.20. The highest BCUT2D eigenvalue weighted by atomic mass is 35.5. The Balaban J connectivity index is 1.51. The van der Waals surface area contributed by atoms with Crippen LogP contribution in [0.3, 0.4) is 0 Å². The van der Waals surface area contributed by atoms with Crippen LogP contribution in [0.2, 0.25) is 5.02 Å². The van der Waals surface area contributed by atoms with Crippen LogP contribution in [-0.4, -0.2) is 29.6 Å². The molecule has 1 atom stereocenters. The highest BCUT2D eigenvalue weighted by Crippen LogP contribution is 2.26. The van der Waals surface area contributed by atoms with Gasteiger partial charge < -0.3 is 10.5 Å². The Bertz CT molecular complexity index is 619. The van der Waals surface area contributed by atoms with Gasteiger partial charge in [-0.2, -0.15) is 0 Å². The van der Waals surface area contributed by atoms with E-state index >= 15 is 0 Å². The molecule has 118 valence electrons. The summed E-state index contributed by atoms with van der Waals surface area (Å²) in [5.41, 5.74) is 5.69. The molecule has 1 aromatic heterocycles. The lowest BCUT2D eigenvalue weighted by Crippen LogP contribution is -2.37. The van der Waals surface area contributed by atoms with E-state index < -0.39 is 0 Å². The molecule has 1 aromatic carbocycles. The summed E-state index contributed by atoms with van der Waals surface area (Å²) in [7, 11) is 0. The van der Waals surface area contributed by atoms with Gasteiger partial charge in [-0.25, -0.2) is 4.98 Å². The van der Waals surface area contributed by atoms with Crippen LogP contribution >= 0.6 is 22.9 Å². The van der Waals surface area contributed by atoms with E-state index in [0.29, 0.717) is 22.7 Å². The van der Waals surface area contributed by atoms with Crippen LogP contribution in [0.25, 0.3) is 0 Å². The van der Waals surface area contributed by atoms with Crippen LogP contribution in [0.15, 0.2) is 30.5 Å². The lowest BCUT2D eigenvalue weighted by atomic mass is 9.99. The van der Waals surface area contributed by atoms with Crippen molar-refractivity contribution in [3.05, 3.63) is 40.4 Å². The van der Waals surface area contributed by atoms with Crippen molar-refractivity contribution in [1.82, 2.24) is 9.88 Å². The molecule has 2 N–H and O–H groups in total. The van der Waals surface area contributed by atoms with Crippen LogP contribution in [0, 0.1) is 5.92 Å². The molecule has 0 spiro atoms. The van der Waals surface area contributed by atoms with Crippen LogP contribution in [0.1, 0.15) is 17.7 Å². The summed E-state index contributed by atoms with van der Waals surface area (Å²) in [5.74, 6) is 1.31. The molecule has 0 aliphatic carbocycles. The predicted octanol–water partition coefficient (Wildman–Crippen LogP) is 3.67. The number of para-hydroxylation sites is 1. The molecule has 1 aliphatic heterocycles. The monoisotopic (exact) mass is 337 g/mol. The van der Waals surface area contributed by atoms with Gasteiger partial charge in [0.1, 0.15) is 5.75 Å². The van der Waals surface area contributed by atoms with Gasteiger partial charge in [0.15, 0.2) is 5.13 Å². The summed E-state index contributed by atoms with van der Waals surface area (Å²) in [4.78, 5) is 7.80. The highest BCUT2D eigenvalue weighted by Gasteiger charge is 2.21. The Kier molecular flexibility index (Phi) is 5.18. The van der Waals surface area contributed by atoms with E-state index in [0.717, 1.165) is 25.4 Å². The molecule has 4 nitrogen and oxygen atoms in total. The number of likely N-dealkylation sites (tertiary alicyclic amines) is 1.